The maximum Gasteiger partial charge on any atom is 0.306 e. The van der Waals surface area contributed by atoms with Crippen molar-refractivity contribution < 1.29 is 28.6 Å². The van der Waals surface area contributed by atoms with Gasteiger partial charge in [0.2, 0.25) is 0 Å². The second kappa shape index (κ2) is 13.6. The number of halogens is 2. The number of nitrogens with one attached hydrogen (secondary N) is 1. The monoisotopic (exact) mass is 615 g/mol. The molecule has 1 aliphatic carbocycles. The summed E-state index contributed by atoms with van der Waals surface area (Å²) >= 11 is 7.85. The number of carboxylic acids is 1. The maximum atomic E-state index is 15.0. The summed E-state index contributed by atoms with van der Waals surface area (Å²) in [5.74, 6) is -1.91. The van der Waals surface area contributed by atoms with Gasteiger partial charge in [0.15, 0.2) is 0 Å². The Morgan fingerprint density at radius 2 is 1.90 bits per heavy atom. The van der Waals surface area contributed by atoms with Crippen LogP contribution in [-0.4, -0.2) is 62.7 Å². The molecule has 42 heavy (non-hydrogen) atoms. The normalized spacial score (nSPS) is 21.1. The van der Waals surface area contributed by atoms with Crippen LogP contribution < -0.4 is 5.32 Å². The fourth-order valence-corrected chi connectivity index (χ4v) is 7.10. The number of amides is 1. The fraction of sp³-hybridized carbons (Fsp3) is 0.452. The summed E-state index contributed by atoms with van der Waals surface area (Å²) in [5, 5.41) is 12.8. The number of fused-ring (bicyclic) bond motifs is 1. The molecule has 1 aliphatic heterocycles. The van der Waals surface area contributed by atoms with Gasteiger partial charge in [-0.3, -0.25) is 14.4 Å². The summed E-state index contributed by atoms with van der Waals surface area (Å²) in [7, 11) is 1.85. The van der Waals surface area contributed by atoms with Crippen molar-refractivity contribution >= 4 is 57.8 Å². The molecule has 0 radical (unpaired) electrons. The van der Waals surface area contributed by atoms with Gasteiger partial charge in [-0.25, -0.2) is 8.70 Å². The smallest absolute Gasteiger partial charge is 0.306 e. The van der Waals surface area contributed by atoms with E-state index in [1.165, 1.54) is 24.1 Å². The van der Waals surface area contributed by atoms with E-state index in [9.17, 15) is 19.5 Å². The van der Waals surface area contributed by atoms with E-state index in [4.69, 9.17) is 16.3 Å². The Morgan fingerprint density at radius 1 is 1.14 bits per heavy atom. The van der Waals surface area contributed by atoms with E-state index in [2.05, 4.69) is 9.62 Å². The van der Waals surface area contributed by atoms with Crippen molar-refractivity contribution in [1.82, 2.24) is 8.87 Å². The minimum Gasteiger partial charge on any atom is -0.481 e. The number of ether oxygens (including phenoxy) is 1. The molecule has 0 bridgehead atoms. The number of anilines is 1. The third-order valence-electron chi connectivity index (χ3n) is 8.18. The average Bonchev–Trinajstić information content (AvgIpc) is 3.57. The number of carbonyl (C=O) groups is 3. The van der Waals surface area contributed by atoms with Crippen molar-refractivity contribution in [2.24, 2.45) is 13.0 Å². The van der Waals surface area contributed by atoms with Crippen LogP contribution in [0.5, 0.6) is 0 Å². The molecule has 0 spiro atoms. The number of hydrogen-bond acceptors (Lipinski definition) is 6. The number of carboxylic acid groups (broad SMARTS) is 1. The quantitative estimate of drug-likeness (QED) is 0.251. The predicted octanol–water partition coefficient (Wildman–Crippen LogP) is 6.11. The third kappa shape index (κ3) is 7.16. The van der Waals surface area contributed by atoms with Crippen molar-refractivity contribution in [3.05, 3.63) is 64.6 Å². The van der Waals surface area contributed by atoms with Crippen LogP contribution in [0, 0.1) is 11.7 Å². The van der Waals surface area contributed by atoms with Crippen molar-refractivity contribution in [3.8, 4) is 0 Å². The molecule has 2 N–H and O–H groups in total. The van der Waals surface area contributed by atoms with Crippen molar-refractivity contribution in [3.63, 3.8) is 0 Å². The Morgan fingerprint density at radius 3 is 2.67 bits per heavy atom. The van der Waals surface area contributed by atoms with Crippen LogP contribution in [0.25, 0.3) is 10.9 Å². The van der Waals surface area contributed by atoms with E-state index in [1.807, 2.05) is 35.9 Å². The van der Waals surface area contributed by atoms with E-state index in [-0.39, 0.29) is 52.3 Å². The molecule has 5 rings (SSSR count). The number of benzene rings is 2. The van der Waals surface area contributed by atoms with Crippen LogP contribution in [0.3, 0.4) is 0 Å². The molecule has 2 fully saturated rings. The molecular weight excluding hydrogens is 581 g/mol. The molecule has 224 valence electrons. The van der Waals surface area contributed by atoms with E-state index in [1.54, 1.807) is 6.20 Å². The average molecular weight is 616 g/mol. The molecule has 0 unspecified atom stereocenters. The summed E-state index contributed by atoms with van der Waals surface area (Å²) in [6.07, 6.45) is 6.51. The van der Waals surface area contributed by atoms with Gasteiger partial charge in [-0.15, -0.1) is 0 Å². The highest BCUT2D eigenvalue weighted by Gasteiger charge is 2.30. The van der Waals surface area contributed by atoms with Gasteiger partial charge in [0, 0.05) is 43.2 Å². The van der Waals surface area contributed by atoms with Crippen LogP contribution in [0.2, 0.25) is 5.02 Å². The number of hydrogen-bond donors (Lipinski definition) is 2. The zero-order valence-corrected chi connectivity index (χ0v) is 25.1. The minimum atomic E-state index is -0.724. The highest BCUT2D eigenvalue weighted by molar-refractivity contribution is 7.97. The van der Waals surface area contributed by atoms with Gasteiger partial charge in [0.05, 0.1) is 40.7 Å². The molecule has 1 atom stereocenters. The van der Waals surface area contributed by atoms with Crippen LogP contribution in [0.1, 0.15) is 54.4 Å². The number of ketones is 1. The first kappa shape index (κ1) is 30.5. The second-order valence-electron chi connectivity index (χ2n) is 11.1. The molecule has 1 amide bonds. The Balaban J connectivity index is 1.11. The molecule has 1 saturated carbocycles. The molecule has 2 aliphatic rings. The van der Waals surface area contributed by atoms with Gasteiger partial charge < -0.3 is 19.7 Å². The lowest BCUT2D eigenvalue weighted by atomic mass is 9.87. The first-order valence-corrected chi connectivity index (χ1v) is 15.6. The van der Waals surface area contributed by atoms with Crippen molar-refractivity contribution in [2.75, 3.05) is 24.2 Å². The highest BCUT2D eigenvalue weighted by atomic mass is 35.5. The lowest BCUT2D eigenvalue weighted by Gasteiger charge is -2.29. The number of aryl methyl sites for hydroxylation is 1. The maximum absolute atomic E-state index is 15.0. The summed E-state index contributed by atoms with van der Waals surface area (Å²) in [6.45, 7) is 1.41. The fourth-order valence-electron chi connectivity index (χ4n) is 5.82. The highest BCUT2D eigenvalue weighted by Crippen LogP contribution is 2.31. The number of aromatic nitrogens is 1. The number of Topliss-reactive ketones (excluding diaryl/α,β-unsaturated/α-hetero) is 1. The SMILES string of the molecule is Cn1cc(C(=O)Nc2cc(F)c(CC(=O)CSN3CCC[C@H]3CO[C@H]3CC[C@H](C(=O)O)CC3)cc2Cl)c2ccccc21. The molecule has 11 heteroatoms. The minimum absolute atomic E-state index is 0.0854. The Bertz CT molecular complexity index is 1470. The standard InChI is InChI=1S/C31H35ClFN3O5S/c1-35-16-25(24-6-2-3-7-29(24)35)30(38)34-28-15-27(33)20(14-26(28)32)13-22(37)18-42-36-12-4-5-21(36)17-41-23-10-8-19(9-11-23)31(39)40/h2-3,6-7,14-16,19,21,23H,4-5,8-13,17-18H2,1H3,(H,34,38)(H,39,40)/t19-,21-,23-/m0/s1. The van der Waals surface area contributed by atoms with Crippen molar-refractivity contribution in [1.29, 1.82) is 0 Å². The number of rotatable bonds is 11. The zero-order valence-electron chi connectivity index (χ0n) is 23.5. The van der Waals surface area contributed by atoms with E-state index < -0.39 is 17.7 Å². The summed E-state index contributed by atoms with van der Waals surface area (Å²) in [5.41, 5.74) is 1.69. The largest absolute Gasteiger partial charge is 0.481 e. The van der Waals surface area contributed by atoms with E-state index in [0.717, 1.165) is 43.1 Å². The number of carbonyl (C=O) groups excluding carboxylic acids is 2. The number of aliphatic carboxylic acids is 1. The van der Waals surface area contributed by atoms with Gasteiger partial charge in [-0.05, 0) is 62.3 Å². The first-order chi connectivity index (χ1) is 20.2. The first-order valence-electron chi connectivity index (χ1n) is 14.3. The van der Waals surface area contributed by atoms with Crippen LogP contribution >= 0.6 is 23.5 Å². The Kier molecular flexibility index (Phi) is 9.88. The summed E-state index contributed by atoms with van der Waals surface area (Å²) < 4.78 is 25.2. The third-order valence-corrected chi connectivity index (χ3v) is 9.75. The summed E-state index contributed by atoms with van der Waals surface area (Å²) in [4.78, 5) is 36.9. The topological polar surface area (TPSA) is 101 Å². The van der Waals surface area contributed by atoms with E-state index in [0.29, 0.717) is 25.0 Å². The lowest BCUT2D eigenvalue weighted by molar-refractivity contribution is -0.143. The Hall–Kier alpha value is -2.92. The zero-order chi connectivity index (χ0) is 29.8. The van der Waals surface area contributed by atoms with Gasteiger partial charge >= 0.3 is 5.97 Å². The summed E-state index contributed by atoms with van der Waals surface area (Å²) in [6, 6.07) is 10.3. The molecular formula is C31H35ClFN3O5S. The van der Waals surface area contributed by atoms with Gasteiger partial charge in [-0.1, -0.05) is 41.7 Å². The van der Waals surface area contributed by atoms with Gasteiger partial charge in [0.1, 0.15) is 11.6 Å². The van der Waals surface area contributed by atoms with E-state index >= 15 is 4.39 Å². The van der Waals surface area contributed by atoms with Crippen LogP contribution in [0.4, 0.5) is 10.1 Å². The molecule has 3 aromatic rings. The Labute approximate surface area is 253 Å². The molecule has 2 aromatic carbocycles. The predicted molar refractivity (Wildman–Crippen MR) is 163 cm³/mol. The molecule has 2 heterocycles. The van der Waals surface area contributed by atoms with Crippen LogP contribution in [0.15, 0.2) is 42.6 Å². The van der Waals surface area contributed by atoms with Crippen LogP contribution in [-0.2, 0) is 27.8 Å². The molecule has 8 nitrogen and oxygen atoms in total. The lowest BCUT2D eigenvalue weighted by Crippen LogP contribution is -2.33. The molecule has 1 saturated heterocycles. The second-order valence-corrected chi connectivity index (χ2v) is 12.5. The van der Waals surface area contributed by atoms with Gasteiger partial charge in [0.25, 0.3) is 5.91 Å². The van der Waals surface area contributed by atoms with Crippen molar-refractivity contribution in [2.45, 2.75) is 57.1 Å². The molecule has 1 aromatic heterocycles. The number of nitrogens with zero attached hydrogens (tertiary/aromatic N) is 2. The van der Waals surface area contributed by atoms with Gasteiger partial charge in [-0.2, -0.15) is 0 Å². The number of para-hydroxylation sites is 1.